The van der Waals surface area contributed by atoms with Gasteiger partial charge in [-0.15, -0.1) is 0 Å². The van der Waals surface area contributed by atoms with Crippen LogP contribution in [0, 0.1) is 0 Å². The van der Waals surface area contributed by atoms with E-state index in [1.807, 2.05) is 32.9 Å². The third-order valence-corrected chi connectivity index (χ3v) is 3.58. The van der Waals surface area contributed by atoms with E-state index in [2.05, 4.69) is 5.32 Å². The highest BCUT2D eigenvalue weighted by molar-refractivity contribution is 5.96. The van der Waals surface area contributed by atoms with Crippen LogP contribution >= 0.6 is 0 Å². The molecule has 114 valence electrons. The molecule has 0 atom stereocenters. The number of ketones is 1. The summed E-state index contributed by atoms with van der Waals surface area (Å²) in [7, 11) is 0. The van der Waals surface area contributed by atoms with Crippen LogP contribution in [0.4, 0.5) is 4.79 Å². The first-order chi connectivity index (χ1) is 9.78. The van der Waals surface area contributed by atoms with Crippen molar-refractivity contribution in [1.29, 1.82) is 0 Å². The van der Waals surface area contributed by atoms with Gasteiger partial charge in [0.15, 0.2) is 5.78 Å². The molecule has 0 fully saturated rings. The van der Waals surface area contributed by atoms with Gasteiger partial charge >= 0.3 is 6.09 Å². The lowest BCUT2D eigenvalue weighted by Gasteiger charge is -2.20. The number of hydrogen-bond acceptors (Lipinski definition) is 3. The predicted molar refractivity (Wildman–Crippen MR) is 81.5 cm³/mol. The van der Waals surface area contributed by atoms with E-state index in [9.17, 15) is 9.59 Å². The van der Waals surface area contributed by atoms with E-state index in [1.165, 1.54) is 5.56 Å². The van der Waals surface area contributed by atoms with Gasteiger partial charge in [-0.1, -0.05) is 12.1 Å². The zero-order valence-corrected chi connectivity index (χ0v) is 13.2. The van der Waals surface area contributed by atoms with E-state index >= 15 is 0 Å². The first-order valence-electron chi connectivity index (χ1n) is 7.39. The van der Waals surface area contributed by atoms with Crippen LogP contribution < -0.4 is 5.32 Å². The summed E-state index contributed by atoms with van der Waals surface area (Å²) in [4.78, 5) is 23.4. The van der Waals surface area contributed by atoms with Crippen LogP contribution in [0.5, 0.6) is 0 Å². The molecule has 1 N–H and O–H groups in total. The van der Waals surface area contributed by atoms with Gasteiger partial charge in [-0.2, -0.15) is 0 Å². The summed E-state index contributed by atoms with van der Waals surface area (Å²) < 4.78 is 5.24. The molecule has 0 saturated carbocycles. The molecule has 1 aliphatic rings. The van der Waals surface area contributed by atoms with Gasteiger partial charge in [-0.3, -0.25) is 4.79 Å². The Bertz CT molecular complexity index is 570. The molecule has 0 saturated heterocycles. The fraction of sp³-hybridized carbons (Fsp3) is 0.529. The zero-order chi connectivity index (χ0) is 15.6. The van der Waals surface area contributed by atoms with Crippen molar-refractivity contribution in [2.75, 3.05) is 0 Å². The maximum absolute atomic E-state index is 11.7. The lowest BCUT2D eigenvalue weighted by molar-refractivity contribution is 0.0523. The van der Waals surface area contributed by atoms with Gasteiger partial charge in [0.2, 0.25) is 0 Å². The van der Waals surface area contributed by atoms with E-state index in [1.54, 1.807) is 6.92 Å². The molecule has 1 aromatic rings. The second-order valence-electron chi connectivity index (χ2n) is 6.49. The highest BCUT2D eigenvalue weighted by Gasteiger charge is 2.21. The third kappa shape index (κ3) is 3.84. The SMILES string of the molecule is CC(=O)c1ccc(CNC(=O)OC(C)(C)C)c2c1CCC2. The Kier molecular flexibility index (Phi) is 4.35. The Balaban J connectivity index is 2.10. The fourth-order valence-electron chi connectivity index (χ4n) is 2.76. The smallest absolute Gasteiger partial charge is 0.407 e. The van der Waals surface area contributed by atoms with Gasteiger partial charge in [0.05, 0.1) is 0 Å². The minimum atomic E-state index is -0.496. The minimum Gasteiger partial charge on any atom is -0.444 e. The molecule has 4 nitrogen and oxygen atoms in total. The maximum atomic E-state index is 11.7. The first kappa shape index (κ1) is 15.5. The summed E-state index contributed by atoms with van der Waals surface area (Å²) in [6.45, 7) is 7.56. The van der Waals surface area contributed by atoms with Crippen LogP contribution in [-0.2, 0) is 24.1 Å². The van der Waals surface area contributed by atoms with Crippen LogP contribution in [0.1, 0.15) is 61.2 Å². The largest absolute Gasteiger partial charge is 0.444 e. The molecule has 0 heterocycles. The van der Waals surface area contributed by atoms with Crippen molar-refractivity contribution >= 4 is 11.9 Å². The number of carbonyl (C=O) groups is 2. The monoisotopic (exact) mass is 289 g/mol. The molecule has 1 amide bonds. The highest BCUT2D eigenvalue weighted by Crippen LogP contribution is 2.29. The number of ether oxygens (including phenoxy) is 1. The number of nitrogens with one attached hydrogen (secondary N) is 1. The van der Waals surface area contributed by atoms with Gasteiger partial charge in [0.1, 0.15) is 5.60 Å². The van der Waals surface area contributed by atoms with Gasteiger partial charge in [0, 0.05) is 12.1 Å². The van der Waals surface area contributed by atoms with Crippen LogP contribution in [0.3, 0.4) is 0 Å². The van der Waals surface area contributed by atoms with Crippen molar-refractivity contribution in [2.45, 2.75) is 59.1 Å². The van der Waals surface area contributed by atoms with E-state index in [4.69, 9.17) is 4.74 Å². The minimum absolute atomic E-state index is 0.111. The second kappa shape index (κ2) is 5.88. The number of carbonyl (C=O) groups excluding carboxylic acids is 2. The quantitative estimate of drug-likeness (QED) is 0.868. The van der Waals surface area contributed by atoms with Crippen molar-refractivity contribution in [1.82, 2.24) is 5.32 Å². The molecule has 0 spiro atoms. The topological polar surface area (TPSA) is 55.4 Å². The molecule has 1 aromatic carbocycles. The molecule has 0 radical (unpaired) electrons. The maximum Gasteiger partial charge on any atom is 0.407 e. The second-order valence-corrected chi connectivity index (χ2v) is 6.49. The number of alkyl carbamates (subject to hydrolysis) is 1. The molecule has 0 aromatic heterocycles. The fourth-order valence-corrected chi connectivity index (χ4v) is 2.76. The summed E-state index contributed by atoms with van der Waals surface area (Å²) in [6.07, 6.45) is 2.58. The lowest BCUT2D eigenvalue weighted by Crippen LogP contribution is -2.32. The average Bonchev–Trinajstić information content (AvgIpc) is 2.82. The van der Waals surface area contributed by atoms with Gasteiger partial charge < -0.3 is 10.1 Å². The highest BCUT2D eigenvalue weighted by atomic mass is 16.6. The molecule has 0 bridgehead atoms. The number of rotatable bonds is 3. The Morgan fingerprint density at radius 1 is 1.19 bits per heavy atom. The Morgan fingerprint density at radius 3 is 2.48 bits per heavy atom. The molecule has 0 aliphatic heterocycles. The Hall–Kier alpha value is -1.84. The van der Waals surface area contributed by atoms with Crippen LogP contribution in [-0.4, -0.2) is 17.5 Å². The van der Waals surface area contributed by atoms with Gasteiger partial charge in [0.25, 0.3) is 0 Å². The molecule has 4 heteroatoms. The zero-order valence-electron chi connectivity index (χ0n) is 13.2. The standard InChI is InChI=1S/C17H23NO3/c1-11(19)13-9-8-12(14-6-5-7-15(13)14)10-18-16(20)21-17(2,3)4/h8-9H,5-7,10H2,1-4H3,(H,18,20). The molecular weight excluding hydrogens is 266 g/mol. The molecule has 21 heavy (non-hydrogen) atoms. The van der Waals surface area contributed by atoms with Crippen LogP contribution in [0.25, 0.3) is 0 Å². The number of benzene rings is 1. The summed E-state index contributed by atoms with van der Waals surface area (Å²) in [5, 5.41) is 2.79. The van der Waals surface area contributed by atoms with Crippen LogP contribution in [0.15, 0.2) is 12.1 Å². The number of fused-ring (bicyclic) bond motifs is 1. The number of amides is 1. The van der Waals surface area contributed by atoms with Crippen molar-refractivity contribution < 1.29 is 14.3 Å². The molecule has 2 rings (SSSR count). The van der Waals surface area contributed by atoms with Crippen molar-refractivity contribution in [3.8, 4) is 0 Å². The lowest BCUT2D eigenvalue weighted by atomic mass is 9.96. The molecule has 0 unspecified atom stereocenters. The van der Waals surface area contributed by atoms with E-state index in [0.29, 0.717) is 6.54 Å². The van der Waals surface area contributed by atoms with Gasteiger partial charge in [-0.25, -0.2) is 4.79 Å². The van der Waals surface area contributed by atoms with E-state index in [0.717, 1.165) is 36.0 Å². The van der Waals surface area contributed by atoms with Gasteiger partial charge in [-0.05, 0) is 63.6 Å². The number of Topliss-reactive ketones (excluding diaryl/α,β-unsaturated/α-hetero) is 1. The molecule has 1 aliphatic carbocycles. The normalized spacial score (nSPS) is 13.7. The Labute approximate surface area is 125 Å². The number of hydrogen-bond donors (Lipinski definition) is 1. The Morgan fingerprint density at radius 2 is 1.86 bits per heavy atom. The first-order valence-corrected chi connectivity index (χ1v) is 7.39. The predicted octanol–water partition coefficient (Wildman–Crippen LogP) is 3.40. The van der Waals surface area contributed by atoms with Crippen molar-refractivity contribution in [3.63, 3.8) is 0 Å². The van der Waals surface area contributed by atoms with Crippen molar-refractivity contribution in [2.24, 2.45) is 0 Å². The third-order valence-electron chi connectivity index (χ3n) is 3.58. The van der Waals surface area contributed by atoms with E-state index in [-0.39, 0.29) is 5.78 Å². The van der Waals surface area contributed by atoms with Crippen LogP contribution in [0.2, 0.25) is 0 Å². The molecular formula is C17H23NO3. The summed E-state index contributed by atoms with van der Waals surface area (Å²) in [6, 6.07) is 3.82. The van der Waals surface area contributed by atoms with E-state index < -0.39 is 11.7 Å². The van der Waals surface area contributed by atoms with Crippen molar-refractivity contribution in [3.05, 3.63) is 34.4 Å². The summed E-state index contributed by atoms with van der Waals surface area (Å²) >= 11 is 0. The average molecular weight is 289 g/mol. The summed E-state index contributed by atoms with van der Waals surface area (Å²) in [5.74, 6) is 0.111. The summed E-state index contributed by atoms with van der Waals surface area (Å²) in [5.41, 5.74) is 3.79.